The highest BCUT2D eigenvalue weighted by Crippen LogP contribution is 2.39. The summed E-state index contributed by atoms with van der Waals surface area (Å²) in [5.41, 5.74) is 0.638. The fourth-order valence-electron chi connectivity index (χ4n) is 5.96. The number of carbonyl (C=O) groups is 2. The highest BCUT2D eigenvalue weighted by molar-refractivity contribution is 7.92. The number of alkyl halides is 3. The van der Waals surface area contributed by atoms with Crippen LogP contribution >= 0.6 is 0 Å². The van der Waals surface area contributed by atoms with Gasteiger partial charge in [0.05, 0.1) is 11.8 Å². The summed E-state index contributed by atoms with van der Waals surface area (Å²) in [6.07, 6.45) is -0.417. The minimum Gasteiger partial charge on any atom is -0.366 e. The second-order valence-electron chi connectivity index (χ2n) is 11.1. The Morgan fingerprint density at radius 2 is 1.78 bits per heavy atom. The van der Waals surface area contributed by atoms with Crippen molar-refractivity contribution < 1.29 is 31.2 Å². The quantitative estimate of drug-likeness (QED) is 0.564. The van der Waals surface area contributed by atoms with Crippen LogP contribution in [-0.4, -0.2) is 103 Å². The van der Waals surface area contributed by atoms with Crippen molar-refractivity contribution in [2.24, 2.45) is 5.92 Å². The van der Waals surface area contributed by atoms with Gasteiger partial charge in [-0.05, 0) is 36.5 Å². The predicted octanol–water partition coefficient (Wildman–Crippen LogP) is 2.51. The number of likely N-dealkylation sites (tertiary alicyclic amines) is 1. The van der Waals surface area contributed by atoms with E-state index in [9.17, 15) is 31.2 Å². The molecule has 2 bridgehead atoms. The number of benzene rings is 1. The normalized spacial score (nSPS) is 22.1. The number of halogens is 3. The third kappa shape index (κ3) is 6.77. The molecule has 0 saturated carbocycles. The van der Waals surface area contributed by atoms with Crippen molar-refractivity contribution >= 4 is 33.5 Å². The number of aromatic nitrogens is 2. The summed E-state index contributed by atoms with van der Waals surface area (Å²) in [4.78, 5) is 32.6. The molecular formula is C26H34F3N7O4S. The van der Waals surface area contributed by atoms with Crippen LogP contribution in [-0.2, 0) is 27.5 Å². The molecule has 15 heteroatoms. The zero-order valence-corrected chi connectivity index (χ0v) is 23.8. The fraction of sp³-hybridized carbons (Fsp3) is 0.577. The number of piperazine rings is 1. The van der Waals surface area contributed by atoms with Crippen LogP contribution < -0.4 is 9.62 Å². The maximum atomic E-state index is 13.7. The van der Waals surface area contributed by atoms with Crippen LogP contribution in [0, 0.1) is 5.92 Å². The largest absolute Gasteiger partial charge is 0.416 e. The average Bonchev–Trinajstić information content (AvgIpc) is 3.44. The zero-order valence-electron chi connectivity index (χ0n) is 23.0. The molecule has 5 rings (SSSR count). The van der Waals surface area contributed by atoms with Crippen molar-refractivity contribution in [1.29, 1.82) is 0 Å². The molecule has 3 aliphatic rings. The van der Waals surface area contributed by atoms with E-state index in [0.29, 0.717) is 64.0 Å². The van der Waals surface area contributed by atoms with E-state index in [2.05, 4.69) is 19.6 Å². The van der Waals surface area contributed by atoms with Gasteiger partial charge in [0.15, 0.2) is 5.82 Å². The topological polar surface area (TPSA) is 111 Å². The Hall–Kier alpha value is -3.33. The minimum absolute atomic E-state index is 0.0211. The van der Waals surface area contributed by atoms with Crippen LogP contribution in [0.2, 0.25) is 0 Å². The molecule has 1 aromatic heterocycles. The molecule has 4 heterocycles. The van der Waals surface area contributed by atoms with Gasteiger partial charge < -0.3 is 14.7 Å². The standard InChI is InChI=1S/C26H34F3N7O4S/c1-18(37)34-7-5-19-13-22(17-34)35(15-19)23-14-21(26(27,28)29)4-3-20(23)16-32-9-11-33(12-10-32)25(38)36-8-6-24(30-36)31-41(2,39)40/h3-4,6,8,14,19,22H,5,7,9-13,15-17H2,1-2H3,(H,30,31). The smallest absolute Gasteiger partial charge is 0.366 e. The summed E-state index contributed by atoms with van der Waals surface area (Å²) >= 11 is 0. The van der Waals surface area contributed by atoms with Gasteiger partial charge in [-0.3, -0.25) is 14.4 Å². The maximum Gasteiger partial charge on any atom is 0.416 e. The third-order valence-corrected chi connectivity index (χ3v) is 8.60. The van der Waals surface area contributed by atoms with E-state index < -0.39 is 27.8 Å². The Morgan fingerprint density at radius 1 is 1.05 bits per heavy atom. The van der Waals surface area contributed by atoms with Crippen molar-refractivity contribution in [1.82, 2.24) is 24.5 Å². The predicted molar refractivity (Wildman–Crippen MR) is 146 cm³/mol. The first-order chi connectivity index (χ1) is 19.3. The number of nitrogens with zero attached hydrogens (tertiary/aromatic N) is 6. The number of hydrogen-bond acceptors (Lipinski definition) is 7. The summed E-state index contributed by atoms with van der Waals surface area (Å²) in [5, 5.41) is 3.99. The lowest BCUT2D eigenvalue weighted by Crippen LogP contribution is -2.49. The molecule has 224 valence electrons. The Balaban J connectivity index is 1.29. The molecule has 0 aliphatic carbocycles. The van der Waals surface area contributed by atoms with Gasteiger partial charge in [-0.25, -0.2) is 13.2 Å². The molecule has 2 aromatic rings. The molecule has 1 N–H and O–H groups in total. The second kappa shape index (κ2) is 11.2. The molecule has 0 radical (unpaired) electrons. The van der Waals surface area contributed by atoms with Crippen molar-refractivity contribution in [3.8, 4) is 0 Å². The van der Waals surface area contributed by atoms with E-state index in [4.69, 9.17) is 0 Å². The molecule has 41 heavy (non-hydrogen) atoms. The molecule has 2 amide bonds. The molecule has 0 spiro atoms. The van der Waals surface area contributed by atoms with Crippen LogP contribution in [0.3, 0.4) is 0 Å². The van der Waals surface area contributed by atoms with Gasteiger partial charge in [0.1, 0.15) is 0 Å². The zero-order chi connectivity index (χ0) is 29.5. The summed E-state index contributed by atoms with van der Waals surface area (Å²) in [6.45, 7) is 5.56. The van der Waals surface area contributed by atoms with Crippen LogP contribution in [0.15, 0.2) is 30.5 Å². The van der Waals surface area contributed by atoms with Gasteiger partial charge in [-0.2, -0.15) is 17.9 Å². The van der Waals surface area contributed by atoms with E-state index in [1.54, 1.807) is 15.9 Å². The van der Waals surface area contributed by atoms with Gasteiger partial charge in [-0.1, -0.05) is 6.07 Å². The number of anilines is 2. The number of nitrogens with one attached hydrogen (secondary N) is 1. The number of fused-ring (bicyclic) bond motifs is 2. The summed E-state index contributed by atoms with van der Waals surface area (Å²) in [7, 11) is -3.53. The van der Waals surface area contributed by atoms with E-state index in [0.717, 1.165) is 35.4 Å². The van der Waals surface area contributed by atoms with E-state index in [1.807, 2.05) is 0 Å². The Kier molecular flexibility index (Phi) is 7.94. The number of hydrogen-bond donors (Lipinski definition) is 1. The molecule has 3 aliphatic heterocycles. The van der Waals surface area contributed by atoms with E-state index in [1.165, 1.54) is 25.3 Å². The Bertz CT molecular complexity index is 1410. The third-order valence-electron chi connectivity index (χ3n) is 8.02. The van der Waals surface area contributed by atoms with Crippen molar-refractivity contribution in [2.75, 3.05) is 61.7 Å². The first-order valence-electron chi connectivity index (χ1n) is 13.5. The lowest BCUT2D eigenvalue weighted by Gasteiger charge is -2.37. The monoisotopic (exact) mass is 597 g/mol. The maximum absolute atomic E-state index is 13.7. The van der Waals surface area contributed by atoms with Crippen LogP contribution in [0.25, 0.3) is 0 Å². The van der Waals surface area contributed by atoms with E-state index in [-0.39, 0.29) is 17.8 Å². The average molecular weight is 598 g/mol. The summed E-state index contributed by atoms with van der Waals surface area (Å²) in [6, 6.07) is 4.87. The highest BCUT2D eigenvalue weighted by atomic mass is 32.2. The first-order valence-corrected chi connectivity index (χ1v) is 15.4. The van der Waals surface area contributed by atoms with Gasteiger partial charge in [0.2, 0.25) is 15.9 Å². The molecule has 2 unspecified atom stereocenters. The van der Waals surface area contributed by atoms with Crippen molar-refractivity contribution in [3.05, 3.63) is 41.6 Å². The van der Waals surface area contributed by atoms with Crippen LogP contribution in [0.1, 0.15) is 30.9 Å². The Morgan fingerprint density at radius 3 is 2.44 bits per heavy atom. The summed E-state index contributed by atoms with van der Waals surface area (Å²) in [5.74, 6) is 0.340. The lowest BCUT2D eigenvalue weighted by atomic mass is 10.0. The van der Waals surface area contributed by atoms with E-state index >= 15 is 0 Å². The van der Waals surface area contributed by atoms with Crippen molar-refractivity contribution in [3.63, 3.8) is 0 Å². The lowest BCUT2D eigenvalue weighted by molar-refractivity contribution is -0.137. The number of rotatable bonds is 5. The van der Waals surface area contributed by atoms with Gasteiger partial charge >= 0.3 is 12.2 Å². The SMILES string of the molecule is CC(=O)N1CCC2CC(C1)N(c1cc(C(F)(F)F)ccc1CN1CCN(C(=O)n3ccc(NS(C)(=O)=O)n3)CC1)C2. The van der Waals surface area contributed by atoms with Gasteiger partial charge in [0.25, 0.3) is 0 Å². The minimum atomic E-state index is -4.47. The molecule has 1 aromatic carbocycles. The number of sulfonamides is 1. The fourth-order valence-corrected chi connectivity index (χ4v) is 6.45. The second-order valence-corrected chi connectivity index (χ2v) is 12.8. The van der Waals surface area contributed by atoms with Crippen LogP contribution in [0.5, 0.6) is 0 Å². The van der Waals surface area contributed by atoms with Crippen LogP contribution in [0.4, 0.5) is 29.5 Å². The Labute approximate surface area is 236 Å². The van der Waals surface area contributed by atoms with Gasteiger partial charge in [-0.15, -0.1) is 5.10 Å². The summed E-state index contributed by atoms with van der Waals surface area (Å²) < 4.78 is 67.3. The molecular weight excluding hydrogens is 563 g/mol. The highest BCUT2D eigenvalue weighted by Gasteiger charge is 2.39. The molecule has 11 nitrogen and oxygen atoms in total. The molecule has 3 fully saturated rings. The molecule has 2 atom stereocenters. The van der Waals surface area contributed by atoms with Gasteiger partial charge in [0, 0.05) is 83.3 Å². The number of amides is 2. The number of carbonyl (C=O) groups excluding carboxylic acids is 2. The van der Waals surface area contributed by atoms with Crippen molar-refractivity contribution in [2.45, 2.75) is 38.5 Å². The first kappa shape index (κ1) is 29.2. The molecule has 3 saturated heterocycles.